The molecule has 4 rings (SSSR count). The lowest BCUT2D eigenvalue weighted by Gasteiger charge is -2.26. The van der Waals surface area contributed by atoms with Gasteiger partial charge in [-0.1, -0.05) is 18.2 Å². The number of hydrogen-bond donors (Lipinski definition) is 2. The van der Waals surface area contributed by atoms with Crippen molar-refractivity contribution in [2.24, 2.45) is 0 Å². The van der Waals surface area contributed by atoms with Gasteiger partial charge in [-0.3, -0.25) is 9.59 Å². The molecule has 0 spiro atoms. The molecule has 0 bridgehead atoms. The zero-order valence-electron chi connectivity index (χ0n) is 21.0. The number of hydrogen-bond acceptors (Lipinski definition) is 5. The van der Waals surface area contributed by atoms with Crippen molar-refractivity contribution in [2.75, 3.05) is 33.1 Å². The van der Waals surface area contributed by atoms with Crippen LogP contribution in [0.15, 0.2) is 60.7 Å². The third-order valence-corrected chi connectivity index (χ3v) is 6.33. The van der Waals surface area contributed by atoms with Gasteiger partial charge in [0.05, 0.1) is 14.2 Å². The summed E-state index contributed by atoms with van der Waals surface area (Å²) in [6.07, 6.45) is -0.333. The van der Waals surface area contributed by atoms with Gasteiger partial charge in [-0.2, -0.15) is 0 Å². The number of fused-ring (bicyclic) bond motifs is 1. The van der Waals surface area contributed by atoms with Crippen molar-refractivity contribution in [3.63, 3.8) is 0 Å². The van der Waals surface area contributed by atoms with E-state index < -0.39 is 6.09 Å². The second-order valence-electron chi connectivity index (χ2n) is 8.82. The molecular weight excluding hydrogens is 474 g/mol. The molecule has 1 aliphatic rings. The van der Waals surface area contributed by atoms with Crippen LogP contribution in [0.2, 0.25) is 0 Å². The highest BCUT2D eigenvalue weighted by Gasteiger charge is 2.21. The van der Waals surface area contributed by atoms with Gasteiger partial charge in [0.15, 0.2) is 11.5 Å². The average molecular weight is 504 g/mol. The summed E-state index contributed by atoms with van der Waals surface area (Å²) in [6, 6.07) is 17.7. The third-order valence-electron chi connectivity index (χ3n) is 6.33. The zero-order valence-corrected chi connectivity index (χ0v) is 21.0. The van der Waals surface area contributed by atoms with Crippen molar-refractivity contribution in [3.8, 4) is 11.5 Å². The fraction of sp³-hybridized carbons (Fsp3) is 0.250. The Morgan fingerprint density at radius 3 is 2.46 bits per heavy atom. The number of amides is 3. The van der Waals surface area contributed by atoms with Crippen LogP contribution in [0.3, 0.4) is 0 Å². The maximum Gasteiger partial charge on any atom is 0.407 e. The Bertz CT molecular complexity index is 1340. The first-order valence-corrected chi connectivity index (χ1v) is 11.8. The van der Waals surface area contributed by atoms with E-state index in [2.05, 4.69) is 5.32 Å². The highest BCUT2D eigenvalue weighted by molar-refractivity contribution is 6.04. The molecule has 0 aliphatic carbocycles. The molecule has 1 aliphatic heterocycles. The van der Waals surface area contributed by atoms with Crippen molar-refractivity contribution in [1.29, 1.82) is 0 Å². The summed E-state index contributed by atoms with van der Waals surface area (Å²) in [7, 11) is 4.75. The summed E-state index contributed by atoms with van der Waals surface area (Å²) >= 11 is 0. The second kappa shape index (κ2) is 11.0. The molecule has 192 valence electrons. The Balaban J connectivity index is 1.42. The van der Waals surface area contributed by atoms with Gasteiger partial charge < -0.3 is 29.7 Å². The Kier molecular flexibility index (Phi) is 7.62. The van der Waals surface area contributed by atoms with Crippen molar-refractivity contribution in [3.05, 3.63) is 88.5 Å². The number of rotatable bonds is 7. The second-order valence-corrected chi connectivity index (χ2v) is 8.82. The van der Waals surface area contributed by atoms with E-state index in [1.54, 1.807) is 54.4 Å². The van der Waals surface area contributed by atoms with Gasteiger partial charge >= 0.3 is 6.09 Å². The SMILES string of the molecule is COc1ccc(C(=O)N(C)Cc2cccc(C(=O)Nc3ccc4c(c3)CCN(C(=O)O)C4)c2)cc1OC. The van der Waals surface area contributed by atoms with E-state index >= 15 is 0 Å². The topological polar surface area (TPSA) is 108 Å². The fourth-order valence-corrected chi connectivity index (χ4v) is 4.34. The molecule has 3 amide bonds. The summed E-state index contributed by atoms with van der Waals surface area (Å²) in [6.45, 7) is 1.08. The minimum absolute atomic E-state index is 0.189. The molecule has 9 nitrogen and oxygen atoms in total. The molecule has 1 heterocycles. The minimum Gasteiger partial charge on any atom is -0.493 e. The lowest BCUT2D eigenvalue weighted by molar-refractivity contribution is 0.0784. The predicted octanol–water partition coefficient (Wildman–Crippen LogP) is 4.26. The number of carbonyl (C=O) groups is 3. The van der Waals surface area contributed by atoms with Crippen LogP contribution < -0.4 is 14.8 Å². The van der Waals surface area contributed by atoms with E-state index in [0.29, 0.717) is 54.4 Å². The van der Waals surface area contributed by atoms with Gasteiger partial charge in [0.25, 0.3) is 11.8 Å². The number of benzene rings is 3. The number of methoxy groups -OCH3 is 2. The van der Waals surface area contributed by atoms with Crippen LogP contribution in [0.4, 0.5) is 10.5 Å². The van der Waals surface area contributed by atoms with Gasteiger partial charge in [0.2, 0.25) is 0 Å². The van der Waals surface area contributed by atoms with E-state index in [4.69, 9.17) is 9.47 Å². The maximum atomic E-state index is 13.0. The molecular formula is C28H29N3O6. The van der Waals surface area contributed by atoms with Crippen molar-refractivity contribution in [1.82, 2.24) is 9.80 Å². The van der Waals surface area contributed by atoms with Crippen LogP contribution in [0.5, 0.6) is 11.5 Å². The fourth-order valence-electron chi connectivity index (χ4n) is 4.34. The van der Waals surface area contributed by atoms with Gasteiger partial charge in [0.1, 0.15) is 0 Å². The number of carboxylic acid groups (broad SMARTS) is 1. The van der Waals surface area contributed by atoms with E-state index in [0.717, 1.165) is 16.7 Å². The van der Waals surface area contributed by atoms with Gasteiger partial charge in [-0.05, 0) is 65.6 Å². The Morgan fingerprint density at radius 2 is 1.73 bits per heavy atom. The molecule has 0 atom stereocenters. The van der Waals surface area contributed by atoms with Crippen LogP contribution in [-0.2, 0) is 19.5 Å². The van der Waals surface area contributed by atoms with Gasteiger partial charge in [-0.15, -0.1) is 0 Å². The van der Waals surface area contributed by atoms with Crippen molar-refractivity contribution < 1.29 is 29.0 Å². The molecule has 0 aromatic heterocycles. The third kappa shape index (κ3) is 5.83. The quantitative estimate of drug-likeness (QED) is 0.499. The van der Waals surface area contributed by atoms with Crippen molar-refractivity contribution in [2.45, 2.75) is 19.5 Å². The predicted molar refractivity (Wildman–Crippen MR) is 138 cm³/mol. The molecule has 3 aromatic carbocycles. The Hall–Kier alpha value is -4.53. The molecule has 9 heteroatoms. The van der Waals surface area contributed by atoms with Crippen LogP contribution in [0.25, 0.3) is 0 Å². The normalized spacial score (nSPS) is 12.4. The van der Waals surface area contributed by atoms with Crippen LogP contribution in [0, 0.1) is 0 Å². The van der Waals surface area contributed by atoms with E-state index in [9.17, 15) is 19.5 Å². The Labute approximate surface area is 215 Å². The van der Waals surface area contributed by atoms with Crippen LogP contribution >= 0.6 is 0 Å². The summed E-state index contributed by atoms with van der Waals surface area (Å²) in [5.41, 5.74) is 4.37. The van der Waals surface area contributed by atoms with E-state index in [1.807, 2.05) is 18.2 Å². The minimum atomic E-state index is -0.931. The number of anilines is 1. The van der Waals surface area contributed by atoms with Crippen LogP contribution in [0.1, 0.15) is 37.4 Å². The summed E-state index contributed by atoms with van der Waals surface area (Å²) in [4.78, 5) is 40.1. The smallest absolute Gasteiger partial charge is 0.407 e. The number of nitrogens with zero attached hydrogens (tertiary/aromatic N) is 2. The highest BCUT2D eigenvalue weighted by atomic mass is 16.5. The zero-order chi connectivity index (χ0) is 26.5. The lowest BCUT2D eigenvalue weighted by atomic mass is 9.99. The largest absolute Gasteiger partial charge is 0.493 e. The molecule has 0 fully saturated rings. The standard InChI is InChI=1S/C28H29N3O6/c1-30(27(33)21-8-10-24(36-2)25(15-21)37-3)16-18-5-4-6-20(13-18)26(32)29-23-9-7-22-17-31(28(34)35)12-11-19(22)14-23/h4-10,13-15H,11-12,16-17H2,1-3H3,(H,29,32)(H,34,35). The number of ether oxygens (including phenoxy) is 2. The first-order chi connectivity index (χ1) is 17.8. The van der Waals surface area contributed by atoms with Crippen molar-refractivity contribution >= 4 is 23.6 Å². The monoisotopic (exact) mass is 503 g/mol. The lowest BCUT2D eigenvalue weighted by Crippen LogP contribution is -2.34. The molecule has 37 heavy (non-hydrogen) atoms. The molecule has 0 saturated heterocycles. The summed E-state index contributed by atoms with van der Waals surface area (Å²) in [5.74, 6) is 0.563. The first-order valence-electron chi connectivity index (χ1n) is 11.8. The first kappa shape index (κ1) is 25.6. The number of nitrogens with one attached hydrogen (secondary N) is 1. The molecule has 0 saturated carbocycles. The van der Waals surface area contributed by atoms with E-state index in [1.165, 1.54) is 19.1 Å². The molecule has 3 aromatic rings. The van der Waals surface area contributed by atoms with E-state index in [-0.39, 0.29) is 11.8 Å². The summed E-state index contributed by atoms with van der Waals surface area (Å²) < 4.78 is 10.5. The summed E-state index contributed by atoms with van der Waals surface area (Å²) in [5, 5.41) is 12.1. The maximum absolute atomic E-state index is 13.0. The average Bonchev–Trinajstić information content (AvgIpc) is 2.91. The molecule has 2 N–H and O–H groups in total. The van der Waals surface area contributed by atoms with Crippen LogP contribution in [-0.4, -0.2) is 60.6 Å². The Morgan fingerprint density at radius 1 is 0.946 bits per heavy atom. The highest BCUT2D eigenvalue weighted by Crippen LogP contribution is 2.28. The van der Waals surface area contributed by atoms with Gasteiger partial charge in [0, 0.05) is 43.5 Å². The number of carbonyl (C=O) groups excluding carboxylic acids is 2. The van der Waals surface area contributed by atoms with Gasteiger partial charge in [-0.25, -0.2) is 4.79 Å². The molecule has 0 radical (unpaired) electrons. The molecule has 0 unspecified atom stereocenters.